The van der Waals surface area contributed by atoms with Crippen LogP contribution in [0.4, 0.5) is 0 Å². The zero-order valence-corrected chi connectivity index (χ0v) is 9.60. The van der Waals surface area contributed by atoms with Gasteiger partial charge in [0.15, 0.2) is 6.29 Å². The Morgan fingerprint density at radius 2 is 2.20 bits per heavy atom. The number of carbonyl (C=O) groups excluding carboxylic acids is 1. The van der Waals surface area contributed by atoms with Gasteiger partial charge in [-0.15, -0.1) is 5.10 Å². The first-order valence-corrected chi connectivity index (χ1v) is 5.21. The first kappa shape index (κ1) is 11.8. The molecule has 5 nitrogen and oxygen atoms in total. The lowest BCUT2D eigenvalue weighted by Gasteiger charge is -2.09. The van der Waals surface area contributed by atoms with Crippen molar-refractivity contribution in [2.75, 3.05) is 20.6 Å². The largest absolute Gasteiger partial charge is 0.309 e. The van der Waals surface area contributed by atoms with Gasteiger partial charge in [-0.25, -0.2) is 4.68 Å². The Morgan fingerprint density at radius 1 is 1.47 bits per heavy atom. The molecular formula is C10H18N4O. The Morgan fingerprint density at radius 3 is 2.73 bits per heavy atom. The van der Waals surface area contributed by atoms with Crippen LogP contribution >= 0.6 is 0 Å². The fourth-order valence-electron chi connectivity index (χ4n) is 1.52. The Kier molecular flexibility index (Phi) is 4.42. The van der Waals surface area contributed by atoms with Crippen LogP contribution in [-0.2, 0) is 13.0 Å². The molecule has 0 N–H and O–H groups in total. The van der Waals surface area contributed by atoms with Crippen molar-refractivity contribution in [1.29, 1.82) is 0 Å². The first-order chi connectivity index (χ1) is 7.19. The van der Waals surface area contributed by atoms with Gasteiger partial charge in [0, 0.05) is 6.54 Å². The van der Waals surface area contributed by atoms with Crippen molar-refractivity contribution in [2.24, 2.45) is 0 Å². The summed E-state index contributed by atoms with van der Waals surface area (Å²) in [6.45, 7) is 3.84. The second-order valence-corrected chi connectivity index (χ2v) is 3.77. The average Bonchev–Trinajstić information content (AvgIpc) is 2.59. The number of rotatable bonds is 6. The lowest BCUT2D eigenvalue weighted by atomic mass is 10.2. The Hall–Kier alpha value is -1.23. The summed E-state index contributed by atoms with van der Waals surface area (Å²) in [4.78, 5) is 12.8. The second kappa shape index (κ2) is 5.60. The lowest BCUT2D eigenvalue weighted by molar-refractivity contribution is 0.111. The molecule has 15 heavy (non-hydrogen) atoms. The quantitative estimate of drug-likeness (QED) is 0.645. The van der Waals surface area contributed by atoms with Crippen LogP contribution in [0, 0.1) is 0 Å². The molecule has 0 amide bonds. The highest BCUT2D eigenvalue weighted by molar-refractivity contribution is 5.73. The third-order valence-electron chi connectivity index (χ3n) is 2.29. The molecule has 0 aliphatic heterocycles. The van der Waals surface area contributed by atoms with Crippen molar-refractivity contribution in [2.45, 2.75) is 26.3 Å². The van der Waals surface area contributed by atoms with Crippen molar-refractivity contribution >= 4 is 6.29 Å². The zero-order chi connectivity index (χ0) is 11.3. The van der Waals surface area contributed by atoms with Crippen molar-refractivity contribution in [3.05, 3.63) is 11.4 Å². The van der Waals surface area contributed by atoms with Crippen LogP contribution in [0.25, 0.3) is 0 Å². The number of carbonyl (C=O) groups is 1. The van der Waals surface area contributed by atoms with E-state index >= 15 is 0 Å². The molecule has 0 unspecified atom stereocenters. The molecule has 0 aromatic carbocycles. The number of hydrogen-bond acceptors (Lipinski definition) is 4. The number of aryl methyl sites for hydroxylation is 1. The van der Waals surface area contributed by atoms with E-state index in [-0.39, 0.29) is 0 Å². The van der Waals surface area contributed by atoms with E-state index in [1.165, 1.54) is 0 Å². The summed E-state index contributed by atoms with van der Waals surface area (Å²) >= 11 is 0. The van der Waals surface area contributed by atoms with Gasteiger partial charge in [-0.3, -0.25) is 4.79 Å². The van der Waals surface area contributed by atoms with Gasteiger partial charge in [0.25, 0.3) is 0 Å². The number of nitrogens with zero attached hydrogens (tertiary/aromatic N) is 4. The molecule has 84 valence electrons. The van der Waals surface area contributed by atoms with E-state index in [0.29, 0.717) is 5.69 Å². The minimum atomic E-state index is 0.474. The van der Waals surface area contributed by atoms with Gasteiger partial charge in [0.1, 0.15) is 5.69 Å². The van der Waals surface area contributed by atoms with Gasteiger partial charge in [-0.1, -0.05) is 12.1 Å². The van der Waals surface area contributed by atoms with E-state index in [9.17, 15) is 4.79 Å². The van der Waals surface area contributed by atoms with Crippen LogP contribution in [-0.4, -0.2) is 46.8 Å². The molecule has 0 bridgehead atoms. The highest BCUT2D eigenvalue weighted by Crippen LogP contribution is 2.04. The van der Waals surface area contributed by atoms with Crippen LogP contribution in [0.15, 0.2) is 0 Å². The summed E-state index contributed by atoms with van der Waals surface area (Å²) < 4.78 is 1.83. The molecule has 0 spiro atoms. The van der Waals surface area contributed by atoms with Gasteiger partial charge in [0.05, 0.1) is 5.69 Å². The summed E-state index contributed by atoms with van der Waals surface area (Å²) in [5.74, 6) is 0. The summed E-state index contributed by atoms with van der Waals surface area (Å²) in [6.07, 6.45) is 2.58. The molecule has 0 aliphatic carbocycles. The van der Waals surface area contributed by atoms with Crippen molar-refractivity contribution in [1.82, 2.24) is 19.9 Å². The molecule has 0 saturated carbocycles. The van der Waals surface area contributed by atoms with E-state index in [0.717, 1.165) is 37.9 Å². The summed E-state index contributed by atoms with van der Waals surface area (Å²) in [6, 6.07) is 0. The van der Waals surface area contributed by atoms with Gasteiger partial charge < -0.3 is 4.90 Å². The molecule has 1 aromatic rings. The third-order valence-corrected chi connectivity index (χ3v) is 2.29. The summed E-state index contributed by atoms with van der Waals surface area (Å²) in [5, 5.41) is 7.81. The molecule has 0 atom stereocenters. The normalized spacial score (nSPS) is 10.9. The standard InChI is InChI=1S/C10H18N4O/c1-4-10-9(8-15)11-12-14(10)7-5-6-13(2)3/h8H,4-7H2,1-3H3. The minimum Gasteiger partial charge on any atom is -0.309 e. The van der Waals surface area contributed by atoms with Crippen LogP contribution in [0.1, 0.15) is 29.5 Å². The van der Waals surface area contributed by atoms with Crippen molar-refractivity contribution < 1.29 is 4.79 Å². The fourth-order valence-corrected chi connectivity index (χ4v) is 1.52. The third kappa shape index (κ3) is 3.13. The minimum absolute atomic E-state index is 0.474. The van der Waals surface area contributed by atoms with E-state index in [4.69, 9.17) is 0 Å². The summed E-state index contributed by atoms with van der Waals surface area (Å²) in [7, 11) is 4.08. The SMILES string of the molecule is CCc1c(C=O)nnn1CCCN(C)C. The lowest BCUT2D eigenvalue weighted by Crippen LogP contribution is -2.16. The van der Waals surface area contributed by atoms with Crippen LogP contribution in [0.5, 0.6) is 0 Å². The van der Waals surface area contributed by atoms with Gasteiger partial charge in [0.2, 0.25) is 0 Å². The maximum absolute atomic E-state index is 10.7. The Balaban J connectivity index is 2.60. The van der Waals surface area contributed by atoms with Gasteiger partial charge >= 0.3 is 0 Å². The maximum Gasteiger partial charge on any atom is 0.172 e. The number of aromatic nitrogens is 3. The van der Waals surface area contributed by atoms with Crippen LogP contribution in [0.3, 0.4) is 0 Å². The monoisotopic (exact) mass is 210 g/mol. The van der Waals surface area contributed by atoms with Gasteiger partial charge in [-0.2, -0.15) is 0 Å². The highest BCUT2D eigenvalue weighted by atomic mass is 16.1. The smallest absolute Gasteiger partial charge is 0.172 e. The van der Waals surface area contributed by atoms with E-state index in [1.54, 1.807) is 0 Å². The van der Waals surface area contributed by atoms with Gasteiger partial charge in [-0.05, 0) is 33.5 Å². The van der Waals surface area contributed by atoms with E-state index < -0.39 is 0 Å². The second-order valence-electron chi connectivity index (χ2n) is 3.77. The van der Waals surface area contributed by atoms with E-state index in [2.05, 4.69) is 15.2 Å². The summed E-state index contributed by atoms with van der Waals surface area (Å²) in [5.41, 5.74) is 1.41. The number of aldehydes is 1. The molecule has 1 rings (SSSR count). The first-order valence-electron chi connectivity index (χ1n) is 5.21. The van der Waals surface area contributed by atoms with E-state index in [1.807, 2.05) is 25.7 Å². The van der Waals surface area contributed by atoms with Crippen molar-refractivity contribution in [3.63, 3.8) is 0 Å². The highest BCUT2D eigenvalue weighted by Gasteiger charge is 2.09. The predicted molar refractivity (Wildman–Crippen MR) is 58.0 cm³/mol. The Bertz CT molecular complexity index is 319. The number of hydrogen-bond donors (Lipinski definition) is 0. The molecular weight excluding hydrogens is 192 g/mol. The van der Waals surface area contributed by atoms with Crippen LogP contribution < -0.4 is 0 Å². The molecule has 0 radical (unpaired) electrons. The predicted octanol–water partition coefficient (Wildman–Crippen LogP) is 0.605. The average molecular weight is 210 g/mol. The molecule has 5 heteroatoms. The zero-order valence-electron chi connectivity index (χ0n) is 9.60. The molecule has 0 fully saturated rings. The maximum atomic E-state index is 10.7. The molecule has 0 aliphatic rings. The van der Waals surface area contributed by atoms with Crippen LogP contribution in [0.2, 0.25) is 0 Å². The molecule has 1 aromatic heterocycles. The molecule has 0 saturated heterocycles. The molecule has 1 heterocycles. The van der Waals surface area contributed by atoms with Crippen molar-refractivity contribution in [3.8, 4) is 0 Å². The topological polar surface area (TPSA) is 51.0 Å². The Labute approximate surface area is 90.1 Å². The fraction of sp³-hybridized carbons (Fsp3) is 0.700.